The first-order valence-corrected chi connectivity index (χ1v) is 24.3. The first kappa shape index (κ1) is 45.0. The van der Waals surface area contributed by atoms with Crippen molar-refractivity contribution < 1.29 is 0 Å². The molecule has 0 radical (unpaired) electrons. The fraction of sp³-hybridized carbons (Fsp3) is 0.148. The molecule has 1 aliphatic heterocycles. The van der Waals surface area contributed by atoms with Crippen molar-refractivity contribution >= 4 is 34.5 Å². The zero-order chi connectivity index (χ0) is 50.1. The Balaban J connectivity index is 1.26. The molecule has 0 bridgehead atoms. The zero-order valence-corrected chi connectivity index (χ0v) is 41.5. The van der Waals surface area contributed by atoms with Crippen LogP contribution in [0.3, 0.4) is 0 Å². The average Bonchev–Trinajstić information content (AvgIpc) is 3.40. The summed E-state index contributed by atoms with van der Waals surface area (Å²) in [5.41, 5.74) is 20.6. The topological polar surface area (TPSA) is 153 Å². The molecule has 7 aromatic heterocycles. The largest absolute Gasteiger partial charge is 0.270 e. The standard InChI is InChI=1S/C61H48N12/c1-9-32(2)26-44(62-8)38-10-11-39(45-27-33(3)16-21-63-45)51-50(38)68-56-57(69-51)59-61(73-55-43(49-31-37(7)20-25-67-49)15-14-42(54(55)71-59)48-30-36(6)19-24-66-48)60-58(56)70-52-40(46-28-34(4)17-22-64-46)12-13-41(53(52)72-60)47-29-35(5)18-23-65-47/h9-31,58,60H,8H2,1-7H3/b32-9-,44-26-. The highest BCUT2D eigenvalue weighted by Crippen LogP contribution is 2.49. The molecule has 8 heterocycles. The van der Waals surface area contributed by atoms with E-state index in [1.165, 1.54) is 0 Å². The molecule has 0 spiro atoms. The van der Waals surface area contributed by atoms with Crippen LogP contribution in [0.1, 0.15) is 70.7 Å². The van der Waals surface area contributed by atoms with E-state index < -0.39 is 12.1 Å². The quantitative estimate of drug-likeness (QED) is 0.107. The number of aromatic nitrogens is 9. The number of nitrogens with zero attached hydrogens (tertiary/aromatic N) is 12. The Bertz CT molecular complexity index is 4170. The number of fused-ring (bicyclic) bond motifs is 9. The predicted octanol–water partition coefficient (Wildman–Crippen LogP) is 12.1. The lowest BCUT2D eigenvalue weighted by Crippen LogP contribution is -2.38. The van der Waals surface area contributed by atoms with Crippen molar-refractivity contribution in [3.05, 3.63) is 201 Å². The van der Waals surface area contributed by atoms with Crippen LogP contribution in [-0.2, 0) is 0 Å². The summed E-state index contributed by atoms with van der Waals surface area (Å²) in [5.74, 6) is 0. The Hall–Kier alpha value is -9.16. The third-order valence-corrected chi connectivity index (χ3v) is 13.7. The van der Waals surface area contributed by atoms with Gasteiger partial charge in [0.2, 0.25) is 0 Å². The summed E-state index contributed by atoms with van der Waals surface area (Å²) in [4.78, 5) is 63.5. The third kappa shape index (κ3) is 7.88. The summed E-state index contributed by atoms with van der Waals surface area (Å²) in [6, 6.07) is 31.3. The molecule has 0 fully saturated rings. The van der Waals surface area contributed by atoms with Gasteiger partial charge in [-0.3, -0.25) is 39.9 Å². The number of rotatable bonds is 8. The van der Waals surface area contributed by atoms with Gasteiger partial charge in [0.15, 0.2) is 0 Å². The second-order valence-electron chi connectivity index (χ2n) is 18.9. The highest BCUT2D eigenvalue weighted by atomic mass is 15.1. The molecule has 73 heavy (non-hydrogen) atoms. The number of aryl methyl sites for hydroxylation is 5. The summed E-state index contributed by atoms with van der Waals surface area (Å²) in [5, 5.41) is 1.36. The van der Waals surface area contributed by atoms with Crippen LogP contribution in [0.15, 0.2) is 161 Å². The fourth-order valence-corrected chi connectivity index (χ4v) is 9.90. The van der Waals surface area contributed by atoms with Crippen LogP contribution in [-0.4, -0.2) is 51.6 Å². The Labute approximate surface area is 422 Å². The number of allylic oxidation sites excluding steroid dienone is 3. The minimum absolute atomic E-state index is 0.544. The van der Waals surface area contributed by atoms with E-state index in [9.17, 15) is 0 Å². The molecule has 0 N–H and O–H groups in total. The Morgan fingerprint density at radius 2 is 0.795 bits per heavy atom. The van der Waals surface area contributed by atoms with Gasteiger partial charge in [0.05, 0.1) is 78.3 Å². The number of benzene rings is 3. The van der Waals surface area contributed by atoms with Crippen LogP contribution in [0.25, 0.3) is 95.4 Å². The first-order valence-electron chi connectivity index (χ1n) is 24.3. The van der Waals surface area contributed by atoms with E-state index >= 15 is 0 Å². The fourth-order valence-electron chi connectivity index (χ4n) is 9.90. The highest BCUT2D eigenvalue weighted by molar-refractivity contribution is 6.02. The van der Waals surface area contributed by atoms with Crippen LogP contribution in [0, 0.1) is 34.6 Å². The van der Waals surface area contributed by atoms with E-state index in [0.29, 0.717) is 61.3 Å². The normalized spacial score (nSPS) is 14.9. The van der Waals surface area contributed by atoms with E-state index in [1.807, 2.05) is 99.4 Å². The van der Waals surface area contributed by atoms with E-state index in [4.69, 9.17) is 54.8 Å². The summed E-state index contributed by atoms with van der Waals surface area (Å²) in [7, 11) is 0. The van der Waals surface area contributed by atoms with Gasteiger partial charge in [-0.05, 0) is 186 Å². The van der Waals surface area contributed by atoms with Crippen LogP contribution in [0.5, 0.6) is 0 Å². The molecule has 352 valence electrons. The molecule has 0 saturated heterocycles. The van der Waals surface area contributed by atoms with Gasteiger partial charge in [0, 0.05) is 64.4 Å². The summed E-state index contributed by atoms with van der Waals surface area (Å²) >= 11 is 0. The van der Waals surface area contributed by atoms with Crippen molar-refractivity contribution in [3.63, 3.8) is 0 Å². The molecule has 12 rings (SSSR count). The van der Waals surface area contributed by atoms with Gasteiger partial charge in [-0.1, -0.05) is 11.6 Å². The SMILES string of the molecule is C=N/C(=C\C(C)=C/C)c1ccc(-c2cc(C)ccn2)c2nc3c(nc12)C1N=c2c(-c4cc(C)ccn4)ccc(-c4cc(C)ccn4)c2=NC1c1nc2c(-c4cc(C)ccn4)ccc(-c4cc(C)ccn4)c2nc1-3. The molecule has 0 amide bonds. The molecular weight excluding hydrogens is 901 g/mol. The van der Waals surface area contributed by atoms with Gasteiger partial charge in [-0.15, -0.1) is 0 Å². The molecule has 2 atom stereocenters. The molecule has 2 aliphatic rings. The van der Waals surface area contributed by atoms with Gasteiger partial charge in [0.25, 0.3) is 0 Å². The maximum Gasteiger partial charge on any atom is 0.123 e. The van der Waals surface area contributed by atoms with Gasteiger partial charge in [-0.2, -0.15) is 0 Å². The summed E-state index contributed by atoms with van der Waals surface area (Å²) in [6.07, 6.45) is 13.2. The summed E-state index contributed by atoms with van der Waals surface area (Å²) in [6.45, 7) is 18.4. The maximum absolute atomic E-state index is 5.80. The van der Waals surface area contributed by atoms with Gasteiger partial charge in [-0.25, -0.2) is 19.9 Å². The number of hydrogen-bond acceptors (Lipinski definition) is 12. The van der Waals surface area contributed by atoms with E-state index in [-0.39, 0.29) is 0 Å². The van der Waals surface area contributed by atoms with Gasteiger partial charge >= 0.3 is 0 Å². The lowest BCUT2D eigenvalue weighted by molar-refractivity contribution is 0.507. The van der Waals surface area contributed by atoms with Crippen molar-refractivity contribution in [2.24, 2.45) is 15.0 Å². The lowest BCUT2D eigenvalue weighted by atomic mass is 9.88. The number of aliphatic imine (C=N–C) groups is 1. The van der Waals surface area contributed by atoms with E-state index in [2.05, 4.69) is 101 Å². The van der Waals surface area contributed by atoms with Crippen LogP contribution < -0.4 is 10.7 Å². The first-order chi connectivity index (χ1) is 35.5. The van der Waals surface area contributed by atoms with Crippen LogP contribution in [0.4, 0.5) is 0 Å². The predicted molar refractivity (Wildman–Crippen MR) is 289 cm³/mol. The maximum atomic E-state index is 5.80. The van der Waals surface area contributed by atoms with E-state index in [0.717, 1.165) is 95.2 Å². The van der Waals surface area contributed by atoms with Crippen LogP contribution in [0.2, 0.25) is 0 Å². The minimum atomic E-state index is -0.708. The lowest BCUT2D eigenvalue weighted by Gasteiger charge is -2.31. The van der Waals surface area contributed by atoms with Crippen molar-refractivity contribution in [3.8, 4) is 67.7 Å². The van der Waals surface area contributed by atoms with Crippen molar-refractivity contribution in [2.75, 3.05) is 0 Å². The molecule has 3 aromatic carbocycles. The second-order valence-corrected chi connectivity index (χ2v) is 18.9. The van der Waals surface area contributed by atoms with Gasteiger partial charge < -0.3 is 0 Å². The molecule has 12 nitrogen and oxygen atoms in total. The van der Waals surface area contributed by atoms with Gasteiger partial charge in [0.1, 0.15) is 23.5 Å². The zero-order valence-electron chi connectivity index (χ0n) is 41.5. The molecule has 0 saturated carbocycles. The molecule has 1 aliphatic carbocycles. The minimum Gasteiger partial charge on any atom is -0.270 e. The van der Waals surface area contributed by atoms with Crippen molar-refractivity contribution in [1.29, 1.82) is 0 Å². The summed E-state index contributed by atoms with van der Waals surface area (Å²) < 4.78 is 0. The van der Waals surface area contributed by atoms with Crippen molar-refractivity contribution in [1.82, 2.24) is 44.9 Å². The molecular formula is C61H48N12. The molecule has 10 aromatic rings. The highest BCUT2D eigenvalue weighted by Gasteiger charge is 2.41. The molecule has 12 heteroatoms. The van der Waals surface area contributed by atoms with Crippen molar-refractivity contribution in [2.45, 2.75) is 60.5 Å². The van der Waals surface area contributed by atoms with E-state index in [1.54, 1.807) is 0 Å². The monoisotopic (exact) mass is 948 g/mol. The Kier molecular flexibility index (Phi) is 11.0. The third-order valence-electron chi connectivity index (χ3n) is 13.7. The second kappa shape index (κ2) is 17.9. The number of pyridine rings is 5. The number of hydrogen-bond donors (Lipinski definition) is 0. The Morgan fingerprint density at radius 1 is 0.452 bits per heavy atom. The van der Waals surface area contributed by atoms with Crippen LogP contribution >= 0.6 is 0 Å². The molecule has 2 unspecified atom stereocenters. The smallest absolute Gasteiger partial charge is 0.123 e. The average molecular weight is 949 g/mol. The Morgan fingerprint density at radius 3 is 1.18 bits per heavy atom.